The zero-order chi connectivity index (χ0) is 12.7. The van der Waals surface area contributed by atoms with Crippen LogP contribution in [0.3, 0.4) is 0 Å². The number of hydrogen-bond donors (Lipinski definition) is 1. The smallest absolute Gasteiger partial charge is 0.0443 e. The molecule has 0 fully saturated rings. The zero-order valence-corrected chi connectivity index (χ0v) is 12.6. The van der Waals surface area contributed by atoms with E-state index in [0.29, 0.717) is 6.04 Å². The van der Waals surface area contributed by atoms with Crippen LogP contribution in [0.1, 0.15) is 62.3 Å². The van der Waals surface area contributed by atoms with Crippen molar-refractivity contribution < 1.29 is 0 Å². The van der Waals surface area contributed by atoms with Crippen LogP contribution in [0, 0.1) is 12.8 Å². The molecule has 1 nitrogen and oxygen atoms in total. The molecular formula is C15H27NS. The summed E-state index contributed by atoms with van der Waals surface area (Å²) in [5, 5.41) is 3.68. The molecule has 0 amide bonds. The second-order valence-electron chi connectivity index (χ2n) is 4.79. The molecule has 1 N–H and O–H groups in total. The average molecular weight is 253 g/mol. The first-order valence-corrected chi connectivity index (χ1v) is 7.84. The van der Waals surface area contributed by atoms with Crippen LogP contribution in [0.4, 0.5) is 0 Å². The summed E-state index contributed by atoms with van der Waals surface area (Å²) < 4.78 is 0. The molecule has 0 aliphatic heterocycles. The Hall–Kier alpha value is -0.340. The van der Waals surface area contributed by atoms with E-state index in [2.05, 4.69) is 45.1 Å². The van der Waals surface area contributed by atoms with E-state index in [0.717, 1.165) is 12.5 Å². The number of unbranched alkanes of at least 4 members (excludes halogenated alkanes) is 1. The predicted octanol–water partition coefficient (Wildman–Crippen LogP) is 4.92. The zero-order valence-electron chi connectivity index (χ0n) is 11.8. The van der Waals surface area contributed by atoms with E-state index in [1.165, 1.54) is 35.4 Å². The first-order chi connectivity index (χ1) is 8.22. The highest BCUT2D eigenvalue weighted by Crippen LogP contribution is 2.33. The van der Waals surface area contributed by atoms with Crippen molar-refractivity contribution in [2.75, 3.05) is 6.54 Å². The lowest BCUT2D eigenvalue weighted by molar-refractivity contribution is 0.332. The molecule has 1 rings (SSSR count). The van der Waals surface area contributed by atoms with Gasteiger partial charge in [-0.2, -0.15) is 0 Å². The Labute approximate surface area is 111 Å². The highest BCUT2D eigenvalue weighted by Gasteiger charge is 2.21. The van der Waals surface area contributed by atoms with Gasteiger partial charge in [-0.05, 0) is 37.9 Å². The average Bonchev–Trinajstić information content (AvgIpc) is 2.75. The molecule has 2 unspecified atom stereocenters. The molecule has 1 aromatic rings. The molecular weight excluding hydrogens is 226 g/mol. The molecule has 1 heterocycles. The summed E-state index contributed by atoms with van der Waals surface area (Å²) >= 11 is 1.95. The molecule has 0 bridgehead atoms. The fourth-order valence-corrected chi connectivity index (χ4v) is 3.46. The largest absolute Gasteiger partial charge is 0.309 e. The Morgan fingerprint density at radius 2 is 2.00 bits per heavy atom. The second kappa shape index (κ2) is 7.88. The van der Waals surface area contributed by atoms with E-state index < -0.39 is 0 Å². The van der Waals surface area contributed by atoms with Crippen molar-refractivity contribution in [2.45, 2.75) is 59.4 Å². The third-order valence-electron chi connectivity index (χ3n) is 3.42. The summed E-state index contributed by atoms with van der Waals surface area (Å²) in [4.78, 5) is 2.94. The maximum atomic E-state index is 3.68. The Morgan fingerprint density at radius 1 is 1.24 bits per heavy atom. The SMILES string of the molecule is CCCCC(CC)C(NCC)c1ccc(C)s1. The summed E-state index contributed by atoms with van der Waals surface area (Å²) in [5.41, 5.74) is 0. The lowest BCUT2D eigenvalue weighted by Gasteiger charge is -2.26. The maximum absolute atomic E-state index is 3.68. The summed E-state index contributed by atoms with van der Waals surface area (Å²) in [5.74, 6) is 0.785. The molecule has 0 aromatic carbocycles. The van der Waals surface area contributed by atoms with Crippen molar-refractivity contribution in [2.24, 2.45) is 5.92 Å². The number of rotatable bonds is 8. The highest BCUT2D eigenvalue weighted by molar-refractivity contribution is 7.12. The Bertz CT molecular complexity index is 306. The summed E-state index contributed by atoms with van der Waals surface area (Å²) in [6, 6.07) is 5.12. The monoisotopic (exact) mass is 253 g/mol. The van der Waals surface area contributed by atoms with E-state index in [1.54, 1.807) is 0 Å². The van der Waals surface area contributed by atoms with Gasteiger partial charge in [0, 0.05) is 15.8 Å². The van der Waals surface area contributed by atoms with Crippen LogP contribution in [-0.4, -0.2) is 6.54 Å². The molecule has 2 atom stereocenters. The molecule has 0 aliphatic carbocycles. The molecule has 2 heteroatoms. The van der Waals surface area contributed by atoms with Crippen LogP contribution in [-0.2, 0) is 0 Å². The minimum atomic E-state index is 0.565. The van der Waals surface area contributed by atoms with Crippen LogP contribution < -0.4 is 5.32 Å². The lowest BCUT2D eigenvalue weighted by Crippen LogP contribution is -2.27. The Kier molecular flexibility index (Phi) is 6.83. The van der Waals surface area contributed by atoms with Gasteiger partial charge in [0.05, 0.1) is 0 Å². The van der Waals surface area contributed by atoms with Gasteiger partial charge < -0.3 is 5.32 Å². The van der Waals surface area contributed by atoms with E-state index >= 15 is 0 Å². The van der Waals surface area contributed by atoms with Crippen LogP contribution in [0.15, 0.2) is 12.1 Å². The molecule has 0 saturated carbocycles. The fourth-order valence-electron chi connectivity index (χ4n) is 2.41. The minimum Gasteiger partial charge on any atom is -0.309 e. The van der Waals surface area contributed by atoms with E-state index in [1.807, 2.05) is 11.3 Å². The van der Waals surface area contributed by atoms with Gasteiger partial charge in [0.15, 0.2) is 0 Å². The summed E-state index contributed by atoms with van der Waals surface area (Å²) in [7, 11) is 0. The Morgan fingerprint density at radius 3 is 2.47 bits per heavy atom. The summed E-state index contributed by atoms with van der Waals surface area (Å²) in [6.45, 7) is 10.1. The topological polar surface area (TPSA) is 12.0 Å². The van der Waals surface area contributed by atoms with Gasteiger partial charge in [-0.3, -0.25) is 0 Å². The van der Waals surface area contributed by atoms with Crippen molar-refractivity contribution in [3.8, 4) is 0 Å². The van der Waals surface area contributed by atoms with Crippen LogP contribution in [0.2, 0.25) is 0 Å². The van der Waals surface area contributed by atoms with Crippen molar-refractivity contribution >= 4 is 11.3 Å². The number of hydrogen-bond acceptors (Lipinski definition) is 2. The highest BCUT2D eigenvalue weighted by atomic mass is 32.1. The number of aryl methyl sites for hydroxylation is 1. The minimum absolute atomic E-state index is 0.565. The molecule has 17 heavy (non-hydrogen) atoms. The van der Waals surface area contributed by atoms with E-state index in [4.69, 9.17) is 0 Å². The van der Waals surface area contributed by atoms with Gasteiger partial charge in [0.1, 0.15) is 0 Å². The van der Waals surface area contributed by atoms with E-state index in [-0.39, 0.29) is 0 Å². The van der Waals surface area contributed by atoms with Gasteiger partial charge in [-0.25, -0.2) is 0 Å². The van der Waals surface area contributed by atoms with Crippen LogP contribution in [0.5, 0.6) is 0 Å². The number of nitrogens with one attached hydrogen (secondary N) is 1. The standard InChI is InChI=1S/C15H27NS/c1-5-8-9-13(6-2)15(16-7-3)14-11-10-12(4)17-14/h10-11,13,15-16H,5-9H2,1-4H3. The second-order valence-corrected chi connectivity index (χ2v) is 6.11. The van der Waals surface area contributed by atoms with E-state index in [9.17, 15) is 0 Å². The van der Waals surface area contributed by atoms with Gasteiger partial charge in [0.2, 0.25) is 0 Å². The van der Waals surface area contributed by atoms with Crippen LogP contribution >= 0.6 is 11.3 Å². The third kappa shape index (κ3) is 4.44. The molecule has 0 aliphatic rings. The number of thiophene rings is 1. The first-order valence-electron chi connectivity index (χ1n) is 7.02. The van der Waals surface area contributed by atoms with Gasteiger partial charge in [-0.1, -0.05) is 40.0 Å². The first kappa shape index (κ1) is 14.7. The maximum Gasteiger partial charge on any atom is 0.0443 e. The van der Waals surface area contributed by atoms with Crippen molar-refractivity contribution in [1.82, 2.24) is 5.32 Å². The lowest BCUT2D eigenvalue weighted by atomic mass is 9.90. The van der Waals surface area contributed by atoms with Crippen molar-refractivity contribution in [1.29, 1.82) is 0 Å². The molecule has 0 saturated heterocycles. The Balaban J connectivity index is 2.74. The molecule has 0 radical (unpaired) electrons. The molecule has 0 spiro atoms. The van der Waals surface area contributed by atoms with Gasteiger partial charge >= 0.3 is 0 Å². The normalized spacial score (nSPS) is 14.8. The quantitative estimate of drug-likeness (QED) is 0.693. The van der Waals surface area contributed by atoms with Crippen molar-refractivity contribution in [3.05, 3.63) is 21.9 Å². The molecule has 1 aromatic heterocycles. The fraction of sp³-hybridized carbons (Fsp3) is 0.733. The summed E-state index contributed by atoms with van der Waals surface area (Å²) in [6.07, 6.45) is 5.28. The van der Waals surface area contributed by atoms with Gasteiger partial charge in [-0.15, -0.1) is 11.3 Å². The molecule has 98 valence electrons. The third-order valence-corrected chi connectivity index (χ3v) is 4.50. The van der Waals surface area contributed by atoms with Gasteiger partial charge in [0.25, 0.3) is 0 Å². The van der Waals surface area contributed by atoms with Crippen molar-refractivity contribution in [3.63, 3.8) is 0 Å². The van der Waals surface area contributed by atoms with Crippen LogP contribution in [0.25, 0.3) is 0 Å². The predicted molar refractivity (Wildman–Crippen MR) is 78.8 cm³/mol.